The van der Waals surface area contributed by atoms with Crippen molar-refractivity contribution in [2.24, 2.45) is 0 Å². The first kappa shape index (κ1) is 25.2. The number of benzene rings is 3. The monoisotopic (exact) mass is 483 g/mol. The predicted octanol–water partition coefficient (Wildman–Crippen LogP) is 6.63. The van der Waals surface area contributed by atoms with Gasteiger partial charge in [0.1, 0.15) is 11.5 Å². The smallest absolute Gasteiger partial charge is 0.300 e. The van der Waals surface area contributed by atoms with E-state index in [1.807, 2.05) is 87.5 Å². The zero-order chi connectivity index (χ0) is 26.2. The van der Waals surface area contributed by atoms with Crippen LogP contribution >= 0.6 is 0 Å². The van der Waals surface area contributed by atoms with Gasteiger partial charge in [-0.1, -0.05) is 63.2 Å². The van der Waals surface area contributed by atoms with Gasteiger partial charge in [0, 0.05) is 11.3 Å². The van der Waals surface area contributed by atoms with Gasteiger partial charge in [-0.3, -0.25) is 14.5 Å². The number of nitrogens with zero attached hydrogens (tertiary/aromatic N) is 1. The molecular formula is C31H33NO4. The molecule has 5 heteroatoms. The van der Waals surface area contributed by atoms with Gasteiger partial charge in [-0.05, 0) is 72.7 Å². The Morgan fingerprint density at radius 3 is 2.22 bits per heavy atom. The number of hydrogen-bond donors (Lipinski definition) is 1. The van der Waals surface area contributed by atoms with E-state index in [4.69, 9.17) is 4.74 Å². The van der Waals surface area contributed by atoms with Crippen LogP contribution in [-0.4, -0.2) is 23.4 Å². The molecule has 1 atom stereocenters. The first-order valence-corrected chi connectivity index (χ1v) is 12.3. The first-order chi connectivity index (χ1) is 17.0. The molecule has 0 saturated carbocycles. The number of amides is 1. The first-order valence-electron chi connectivity index (χ1n) is 12.3. The SMILES string of the molecule is CCOc1ccc(C2/C(=C(\O)c3cc(C(C)(C)C)ccc3C)C(=O)C(=O)N2c2ccccc2C)cc1. The minimum atomic E-state index is -0.778. The zero-order valence-corrected chi connectivity index (χ0v) is 21.8. The number of aliphatic hydroxyl groups is 1. The highest BCUT2D eigenvalue weighted by atomic mass is 16.5. The predicted molar refractivity (Wildman–Crippen MR) is 143 cm³/mol. The van der Waals surface area contributed by atoms with E-state index in [0.29, 0.717) is 29.2 Å². The van der Waals surface area contributed by atoms with E-state index in [-0.39, 0.29) is 16.7 Å². The maximum atomic E-state index is 13.5. The van der Waals surface area contributed by atoms with Gasteiger partial charge in [0.15, 0.2) is 0 Å². The summed E-state index contributed by atoms with van der Waals surface area (Å²) in [6.07, 6.45) is 0. The van der Waals surface area contributed by atoms with E-state index >= 15 is 0 Å². The molecule has 1 amide bonds. The van der Waals surface area contributed by atoms with Crippen molar-refractivity contribution >= 4 is 23.1 Å². The Kier molecular flexibility index (Phi) is 6.77. The number of hydrogen-bond acceptors (Lipinski definition) is 4. The quantitative estimate of drug-likeness (QED) is 0.251. The summed E-state index contributed by atoms with van der Waals surface area (Å²) in [4.78, 5) is 28.5. The Bertz CT molecular complexity index is 1350. The van der Waals surface area contributed by atoms with Crippen molar-refractivity contribution < 1.29 is 19.4 Å². The van der Waals surface area contributed by atoms with Gasteiger partial charge in [-0.15, -0.1) is 0 Å². The number of aryl methyl sites for hydroxylation is 2. The molecule has 1 aliphatic heterocycles. The highest BCUT2D eigenvalue weighted by Gasteiger charge is 2.47. The van der Waals surface area contributed by atoms with Crippen molar-refractivity contribution in [1.29, 1.82) is 0 Å². The summed E-state index contributed by atoms with van der Waals surface area (Å²) in [6.45, 7) is 12.5. The Morgan fingerprint density at radius 1 is 0.944 bits per heavy atom. The molecule has 0 bridgehead atoms. The fraction of sp³-hybridized carbons (Fsp3) is 0.290. The molecule has 1 aliphatic rings. The van der Waals surface area contributed by atoms with Crippen LogP contribution in [-0.2, 0) is 15.0 Å². The Labute approximate surface area is 213 Å². The van der Waals surface area contributed by atoms with Crippen molar-refractivity contribution in [1.82, 2.24) is 0 Å². The number of ketones is 1. The van der Waals surface area contributed by atoms with E-state index in [9.17, 15) is 14.7 Å². The van der Waals surface area contributed by atoms with E-state index in [0.717, 1.165) is 16.7 Å². The van der Waals surface area contributed by atoms with Gasteiger partial charge < -0.3 is 9.84 Å². The summed E-state index contributed by atoms with van der Waals surface area (Å²) in [5.41, 5.74) is 4.56. The summed E-state index contributed by atoms with van der Waals surface area (Å²) in [5, 5.41) is 11.6. The number of anilines is 1. The molecule has 1 saturated heterocycles. The van der Waals surface area contributed by atoms with E-state index in [1.165, 1.54) is 4.90 Å². The van der Waals surface area contributed by atoms with Crippen molar-refractivity contribution in [3.05, 3.63) is 100 Å². The Morgan fingerprint density at radius 2 is 1.61 bits per heavy atom. The number of Topliss-reactive ketones (excluding diaryl/α,β-unsaturated/α-hetero) is 1. The average molecular weight is 484 g/mol. The minimum Gasteiger partial charge on any atom is -0.507 e. The molecule has 1 heterocycles. The van der Waals surface area contributed by atoms with Crippen LogP contribution in [0.4, 0.5) is 5.69 Å². The highest BCUT2D eigenvalue weighted by Crippen LogP contribution is 2.44. The molecule has 1 unspecified atom stereocenters. The van der Waals surface area contributed by atoms with Gasteiger partial charge in [-0.2, -0.15) is 0 Å². The molecule has 1 fully saturated rings. The van der Waals surface area contributed by atoms with Crippen molar-refractivity contribution in [2.45, 2.75) is 53.0 Å². The minimum absolute atomic E-state index is 0.0848. The number of para-hydroxylation sites is 1. The van der Waals surface area contributed by atoms with Crippen LogP contribution in [0.2, 0.25) is 0 Å². The van der Waals surface area contributed by atoms with Gasteiger partial charge in [0.2, 0.25) is 0 Å². The third-order valence-electron chi connectivity index (χ3n) is 6.68. The molecule has 4 rings (SSSR count). The third-order valence-corrected chi connectivity index (χ3v) is 6.68. The second kappa shape index (κ2) is 9.65. The number of ether oxygens (including phenoxy) is 1. The maximum Gasteiger partial charge on any atom is 0.300 e. The maximum absolute atomic E-state index is 13.5. The lowest BCUT2D eigenvalue weighted by Crippen LogP contribution is -2.30. The van der Waals surface area contributed by atoms with Crippen molar-refractivity contribution in [3.63, 3.8) is 0 Å². The number of rotatable bonds is 5. The topological polar surface area (TPSA) is 66.8 Å². The fourth-order valence-corrected chi connectivity index (χ4v) is 4.63. The molecular weight excluding hydrogens is 450 g/mol. The average Bonchev–Trinajstić information content (AvgIpc) is 3.09. The van der Waals surface area contributed by atoms with E-state index in [1.54, 1.807) is 0 Å². The number of carbonyl (C=O) groups excluding carboxylic acids is 2. The van der Waals surface area contributed by atoms with Crippen molar-refractivity contribution in [2.75, 3.05) is 11.5 Å². The molecule has 3 aromatic carbocycles. The molecule has 186 valence electrons. The lowest BCUT2D eigenvalue weighted by atomic mass is 9.84. The number of aliphatic hydroxyl groups excluding tert-OH is 1. The van der Waals surface area contributed by atoms with Crippen LogP contribution in [0.1, 0.15) is 61.6 Å². The standard InChI is InChI=1S/C31H33NO4/c1-7-36-23-16-13-21(14-17-23)27-26(28(33)24-18-22(31(4,5)6)15-12-19(24)2)29(34)30(35)32(27)25-11-9-8-10-20(25)3/h8-18,27,33H,7H2,1-6H3/b28-26+. The largest absolute Gasteiger partial charge is 0.507 e. The summed E-state index contributed by atoms with van der Waals surface area (Å²) in [7, 11) is 0. The molecule has 3 aromatic rings. The van der Waals surface area contributed by atoms with E-state index in [2.05, 4.69) is 20.8 Å². The summed E-state index contributed by atoms with van der Waals surface area (Å²) in [6, 6.07) is 19.9. The molecule has 0 aliphatic carbocycles. The van der Waals surface area contributed by atoms with Crippen LogP contribution in [0.25, 0.3) is 5.76 Å². The third kappa shape index (κ3) is 4.53. The molecule has 1 N–H and O–H groups in total. The zero-order valence-electron chi connectivity index (χ0n) is 21.8. The summed E-state index contributed by atoms with van der Waals surface area (Å²) < 4.78 is 5.59. The summed E-state index contributed by atoms with van der Waals surface area (Å²) in [5.74, 6) is -0.820. The Hall–Kier alpha value is -3.86. The lowest BCUT2D eigenvalue weighted by molar-refractivity contribution is -0.132. The fourth-order valence-electron chi connectivity index (χ4n) is 4.63. The highest BCUT2D eigenvalue weighted by molar-refractivity contribution is 6.51. The molecule has 36 heavy (non-hydrogen) atoms. The van der Waals surface area contributed by atoms with Gasteiger partial charge in [-0.25, -0.2) is 0 Å². The van der Waals surface area contributed by atoms with Crippen molar-refractivity contribution in [3.8, 4) is 5.75 Å². The molecule has 0 radical (unpaired) electrons. The van der Waals surface area contributed by atoms with Gasteiger partial charge in [0.25, 0.3) is 11.7 Å². The Balaban J connectivity index is 1.97. The van der Waals surface area contributed by atoms with Crippen LogP contribution < -0.4 is 9.64 Å². The van der Waals surface area contributed by atoms with Gasteiger partial charge >= 0.3 is 0 Å². The second-order valence-electron chi connectivity index (χ2n) is 10.2. The number of carbonyl (C=O) groups is 2. The van der Waals surface area contributed by atoms with Crippen LogP contribution in [0.15, 0.2) is 72.3 Å². The molecule has 0 aromatic heterocycles. The second-order valence-corrected chi connectivity index (χ2v) is 10.2. The lowest BCUT2D eigenvalue weighted by Gasteiger charge is -2.27. The summed E-state index contributed by atoms with van der Waals surface area (Å²) >= 11 is 0. The molecule has 5 nitrogen and oxygen atoms in total. The van der Waals surface area contributed by atoms with Gasteiger partial charge in [0.05, 0.1) is 18.2 Å². The normalized spacial score (nSPS) is 17.5. The van der Waals surface area contributed by atoms with E-state index < -0.39 is 17.7 Å². The van der Waals surface area contributed by atoms with Crippen LogP contribution in [0, 0.1) is 13.8 Å². The van der Waals surface area contributed by atoms with Crippen LogP contribution in [0.3, 0.4) is 0 Å². The molecule has 0 spiro atoms. The van der Waals surface area contributed by atoms with Crippen LogP contribution in [0.5, 0.6) is 5.75 Å².